The molecular formula is C30H48N8O2. The van der Waals surface area contributed by atoms with Gasteiger partial charge in [-0.2, -0.15) is 0 Å². The van der Waals surface area contributed by atoms with E-state index in [-0.39, 0.29) is 11.6 Å². The van der Waals surface area contributed by atoms with Crippen LogP contribution in [0.5, 0.6) is 0 Å². The van der Waals surface area contributed by atoms with Crippen molar-refractivity contribution >= 4 is 23.2 Å². The molecule has 2 aromatic heterocycles. The van der Waals surface area contributed by atoms with Crippen molar-refractivity contribution in [3.63, 3.8) is 0 Å². The first-order valence-corrected chi connectivity index (χ1v) is 14.5. The third-order valence-electron chi connectivity index (χ3n) is 8.28. The van der Waals surface area contributed by atoms with Crippen LogP contribution in [0.3, 0.4) is 0 Å². The monoisotopic (exact) mass is 552 g/mol. The van der Waals surface area contributed by atoms with Gasteiger partial charge in [0, 0.05) is 64.2 Å². The first-order chi connectivity index (χ1) is 18.9. The minimum absolute atomic E-state index is 0.0370. The summed E-state index contributed by atoms with van der Waals surface area (Å²) >= 11 is 0. The fourth-order valence-corrected chi connectivity index (χ4v) is 5.75. The van der Waals surface area contributed by atoms with Gasteiger partial charge < -0.3 is 9.80 Å². The molecule has 4 rings (SSSR count). The Morgan fingerprint density at radius 1 is 0.725 bits per heavy atom. The molecule has 2 aliphatic rings. The summed E-state index contributed by atoms with van der Waals surface area (Å²) in [4.78, 5) is 49.9. The second-order valence-electron chi connectivity index (χ2n) is 11.4. The number of rotatable bonds is 6. The fourth-order valence-electron chi connectivity index (χ4n) is 5.75. The summed E-state index contributed by atoms with van der Waals surface area (Å²) in [6.45, 7) is 19.7. The van der Waals surface area contributed by atoms with Gasteiger partial charge in [0.05, 0.1) is 23.8 Å². The fraction of sp³-hybridized carbons (Fsp3) is 0.667. The molecular weight excluding hydrogens is 504 g/mol. The van der Waals surface area contributed by atoms with Gasteiger partial charge in [-0.05, 0) is 54.6 Å². The van der Waals surface area contributed by atoms with Crippen molar-refractivity contribution in [2.75, 3.05) is 50.1 Å². The molecule has 0 N–H and O–H groups in total. The Balaban J connectivity index is 0.000000220. The molecule has 0 spiro atoms. The van der Waals surface area contributed by atoms with Gasteiger partial charge in [-0.25, -0.2) is 19.9 Å². The van der Waals surface area contributed by atoms with Crippen LogP contribution in [-0.4, -0.2) is 106 Å². The summed E-state index contributed by atoms with van der Waals surface area (Å²) in [5, 5.41) is 0. The highest BCUT2D eigenvalue weighted by Crippen LogP contribution is 2.25. The maximum Gasteiger partial charge on any atom is 0.179 e. The Kier molecular flexibility index (Phi) is 10.7. The van der Waals surface area contributed by atoms with Crippen molar-refractivity contribution in [1.82, 2.24) is 29.7 Å². The lowest BCUT2D eigenvalue weighted by atomic mass is 10.1. The third kappa shape index (κ3) is 7.20. The molecule has 0 aliphatic carbocycles. The molecule has 220 valence electrons. The predicted molar refractivity (Wildman–Crippen MR) is 161 cm³/mol. The van der Waals surface area contributed by atoms with Crippen molar-refractivity contribution in [1.29, 1.82) is 0 Å². The lowest BCUT2D eigenvalue weighted by Crippen LogP contribution is -2.56. The standard InChI is InChI=1S/2C15H24N4O/c2*1-6-13-9-19(10(2)8-18(13)5)15-11(3)17-14(7-16-15)12(4)20/h2*7,10,13H,6,8-9H2,1-5H3/t2*10-,13+/m11/s1. The van der Waals surface area contributed by atoms with E-state index in [1.54, 1.807) is 12.4 Å². The smallest absolute Gasteiger partial charge is 0.179 e. The number of carbonyl (C=O) groups is 2. The van der Waals surface area contributed by atoms with Crippen LogP contribution in [-0.2, 0) is 0 Å². The van der Waals surface area contributed by atoms with Crippen LogP contribution in [0.25, 0.3) is 0 Å². The molecule has 40 heavy (non-hydrogen) atoms. The first kappa shape index (κ1) is 31.5. The Morgan fingerprint density at radius 2 is 1.07 bits per heavy atom. The van der Waals surface area contributed by atoms with Gasteiger partial charge in [-0.15, -0.1) is 0 Å². The van der Waals surface area contributed by atoms with E-state index in [4.69, 9.17) is 0 Å². The van der Waals surface area contributed by atoms with Crippen molar-refractivity contribution in [2.45, 2.75) is 92.4 Å². The molecule has 0 aromatic carbocycles. The van der Waals surface area contributed by atoms with E-state index in [2.05, 4.69) is 81.3 Å². The van der Waals surface area contributed by atoms with Crippen LogP contribution in [0.4, 0.5) is 11.6 Å². The van der Waals surface area contributed by atoms with Gasteiger partial charge in [0.15, 0.2) is 11.6 Å². The predicted octanol–water partition coefficient (Wildman–Crippen LogP) is 3.81. The summed E-state index contributed by atoms with van der Waals surface area (Å²) in [7, 11) is 4.36. The molecule has 0 amide bonds. The normalized spacial score (nSPS) is 23.9. The van der Waals surface area contributed by atoms with E-state index >= 15 is 0 Å². The number of hydrogen-bond acceptors (Lipinski definition) is 10. The second-order valence-corrected chi connectivity index (χ2v) is 11.4. The minimum Gasteiger partial charge on any atom is -0.350 e. The highest BCUT2D eigenvalue weighted by molar-refractivity contribution is 5.92. The van der Waals surface area contributed by atoms with Crippen LogP contribution in [0.2, 0.25) is 0 Å². The maximum atomic E-state index is 11.4. The van der Waals surface area contributed by atoms with Gasteiger partial charge in [0.2, 0.25) is 0 Å². The summed E-state index contributed by atoms with van der Waals surface area (Å²) < 4.78 is 0. The number of Topliss-reactive ketones (excluding diaryl/α,β-unsaturated/α-hetero) is 2. The lowest BCUT2D eigenvalue weighted by Gasteiger charge is -2.44. The number of piperazine rings is 2. The lowest BCUT2D eigenvalue weighted by molar-refractivity contribution is 0.0999. The van der Waals surface area contributed by atoms with Gasteiger partial charge >= 0.3 is 0 Å². The highest BCUT2D eigenvalue weighted by Gasteiger charge is 2.31. The number of aryl methyl sites for hydroxylation is 2. The number of likely N-dealkylation sites (N-methyl/N-ethyl adjacent to an activating group) is 2. The quantitative estimate of drug-likeness (QED) is 0.492. The number of aromatic nitrogens is 4. The van der Waals surface area contributed by atoms with Crippen molar-refractivity contribution in [3.8, 4) is 0 Å². The van der Waals surface area contributed by atoms with Gasteiger partial charge in [-0.3, -0.25) is 19.4 Å². The summed E-state index contributed by atoms with van der Waals surface area (Å²) in [5.74, 6) is 1.75. The Morgan fingerprint density at radius 3 is 1.35 bits per heavy atom. The zero-order chi connectivity index (χ0) is 29.7. The molecule has 2 fully saturated rings. The van der Waals surface area contributed by atoms with E-state index in [1.807, 2.05) is 13.8 Å². The largest absolute Gasteiger partial charge is 0.350 e. The van der Waals surface area contributed by atoms with Crippen LogP contribution < -0.4 is 9.80 Å². The number of hydrogen-bond donors (Lipinski definition) is 0. The van der Waals surface area contributed by atoms with Gasteiger partial charge in [-0.1, -0.05) is 13.8 Å². The number of carbonyl (C=O) groups excluding carboxylic acids is 2. The van der Waals surface area contributed by atoms with E-state index < -0.39 is 0 Å². The molecule has 4 heterocycles. The van der Waals surface area contributed by atoms with E-state index in [9.17, 15) is 9.59 Å². The second kappa shape index (κ2) is 13.6. The molecule has 0 radical (unpaired) electrons. The van der Waals surface area contributed by atoms with Crippen LogP contribution in [0, 0.1) is 13.8 Å². The summed E-state index contributed by atoms with van der Waals surface area (Å²) in [6.07, 6.45) is 5.43. The van der Waals surface area contributed by atoms with Crippen LogP contribution in [0.15, 0.2) is 12.4 Å². The van der Waals surface area contributed by atoms with E-state index in [0.29, 0.717) is 35.6 Å². The Labute approximate surface area is 240 Å². The van der Waals surface area contributed by atoms with Gasteiger partial charge in [0.1, 0.15) is 23.0 Å². The molecule has 0 bridgehead atoms. The average Bonchev–Trinajstić information content (AvgIpc) is 2.90. The molecule has 0 saturated carbocycles. The topological polar surface area (TPSA) is 98.7 Å². The maximum absolute atomic E-state index is 11.4. The average molecular weight is 553 g/mol. The molecule has 2 saturated heterocycles. The number of anilines is 2. The third-order valence-corrected chi connectivity index (χ3v) is 8.28. The summed E-state index contributed by atoms with van der Waals surface area (Å²) in [5.41, 5.74) is 2.56. The minimum atomic E-state index is -0.0370. The SMILES string of the molecule is CC[C@H]1CN(c2ncc(C(C)=O)nc2C)[C@H](C)CN1C.CC[C@H]1CN(c2ncc(C(C)=O)nc2C)[C@H](C)CN1C. The number of ketones is 2. The van der Waals surface area contributed by atoms with Crippen molar-refractivity contribution < 1.29 is 9.59 Å². The molecule has 0 unspecified atom stereocenters. The first-order valence-electron chi connectivity index (χ1n) is 14.5. The van der Waals surface area contributed by atoms with Crippen LogP contribution in [0.1, 0.15) is 86.7 Å². The van der Waals surface area contributed by atoms with Crippen molar-refractivity contribution in [3.05, 3.63) is 35.2 Å². The van der Waals surface area contributed by atoms with E-state index in [0.717, 1.165) is 62.0 Å². The zero-order valence-electron chi connectivity index (χ0n) is 26.1. The molecule has 10 heteroatoms. The van der Waals surface area contributed by atoms with Crippen molar-refractivity contribution in [2.24, 2.45) is 0 Å². The number of nitrogens with zero attached hydrogens (tertiary/aromatic N) is 8. The Bertz CT molecular complexity index is 1100. The van der Waals surface area contributed by atoms with Crippen LogP contribution >= 0.6 is 0 Å². The van der Waals surface area contributed by atoms with Gasteiger partial charge in [0.25, 0.3) is 0 Å². The highest BCUT2D eigenvalue weighted by atomic mass is 16.1. The molecule has 10 nitrogen and oxygen atoms in total. The molecule has 4 atom stereocenters. The molecule has 2 aliphatic heterocycles. The molecule has 2 aromatic rings. The Hall–Kier alpha value is -2.98. The zero-order valence-corrected chi connectivity index (χ0v) is 26.1. The van der Waals surface area contributed by atoms with E-state index in [1.165, 1.54) is 13.8 Å². The summed E-state index contributed by atoms with van der Waals surface area (Å²) in [6, 6.07) is 1.89.